The summed E-state index contributed by atoms with van der Waals surface area (Å²) in [5, 5.41) is 16.0. The lowest BCUT2D eigenvalue weighted by molar-refractivity contribution is 0.667. The van der Waals surface area contributed by atoms with Crippen LogP contribution in [-0.2, 0) is 0 Å². The average molecular weight is 210 g/mol. The molecule has 2 aromatic rings. The minimum Gasteiger partial charge on any atom is -0.226 e. The number of azo groups is 1. The van der Waals surface area contributed by atoms with Gasteiger partial charge in [-0.3, -0.25) is 0 Å². The molecule has 2 aliphatic rings. The summed E-state index contributed by atoms with van der Waals surface area (Å²) in [6.07, 6.45) is 1.39. The predicted molar refractivity (Wildman–Crippen MR) is 56.6 cm³/mol. The van der Waals surface area contributed by atoms with Crippen LogP contribution in [0.25, 0.3) is 16.6 Å². The number of benzene rings is 1. The Hall–Kier alpha value is -2.37. The molecule has 0 aliphatic carbocycles. The highest BCUT2D eigenvalue weighted by Gasteiger charge is 2.28. The predicted octanol–water partition coefficient (Wildman–Crippen LogP) is 2.40. The van der Waals surface area contributed by atoms with Crippen molar-refractivity contribution in [2.45, 2.75) is 6.17 Å². The number of fused-ring (bicyclic) bond motifs is 5. The minimum atomic E-state index is -0.302. The van der Waals surface area contributed by atoms with Crippen LogP contribution in [0, 0.1) is 0 Å². The molecule has 0 amide bonds. The molecular weight excluding hydrogens is 204 g/mol. The molecule has 1 aromatic heterocycles. The van der Waals surface area contributed by atoms with E-state index in [2.05, 4.69) is 25.5 Å². The van der Waals surface area contributed by atoms with Crippen molar-refractivity contribution in [1.29, 1.82) is 0 Å². The summed E-state index contributed by atoms with van der Waals surface area (Å²) in [7, 11) is 0. The third kappa shape index (κ3) is 0.837. The lowest BCUT2D eigenvalue weighted by Crippen LogP contribution is -2.10. The molecular formula is C10H6N6. The maximum Gasteiger partial charge on any atom is 0.213 e. The first-order valence-electron chi connectivity index (χ1n) is 4.92. The van der Waals surface area contributed by atoms with Gasteiger partial charge in [0.15, 0.2) is 5.82 Å². The molecule has 1 unspecified atom stereocenters. The molecule has 0 radical (unpaired) electrons. The van der Waals surface area contributed by atoms with Gasteiger partial charge in [0.25, 0.3) is 0 Å². The van der Waals surface area contributed by atoms with Crippen molar-refractivity contribution in [1.82, 2.24) is 9.66 Å². The van der Waals surface area contributed by atoms with Gasteiger partial charge in [-0.1, -0.05) is 17.4 Å². The molecule has 76 valence electrons. The lowest BCUT2D eigenvalue weighted by Gasteiger charge is -2.10. The topological polar surface area (TPSA) is 67.3 Å². The summed E-state index contributed by atoms with van der Waals surface area (Å²) in [6, 6.07) is 7.83. The molecule has 2 aliphatic heterocycles. The Balaban J connectivity index is 2.10. The molecule has 0 bridgehead atoms. The monoisotopic (exact) mass is 210 g/mol. The van der Waals surface area contributed by atoms with Crippen LogP contribution in [0.5, 0.6) is 0 Å². The summed E-state index contributed by atoms with van der Waals surface area (Å²) in [4.78, 5) is 4.52. The molecule has 1 aromatic carbocycles. The molecule has 6 nitrogen and oxygen atoms in total. The van der Waals surface area contributed by atoms with Crippen LogP contribution in [0.15, 0.2) is 51.0 Å². The highest BCUT2D eigenvalue weighted by atomic mass is 15.5. The molecule has 0 saturated heterocycles. The highest BCUT2D eigenvalue weighted by Crippen LogP contribution is 2.32. The van der Waals surface area contributed by atoms with Crippen molar-refractivity contribution in [3.8, 4) is 0 Å². The summed E-state index contributed by atoms with van der Waals surface area (Å²) >= 11 is 0. The zero-order chi connectivity index (χ0) is 10.5. The summed E-state index contributed by atoms with van der Waals surface area (Å²) in [5.74, 6) is 0.784. The van der Waals surface area contributed by atoms with Crippen molar-refractivity contribution in [2.75, 3.05) is 0 Å². The first-order chi connectivity index (χ1) is 7.93. The number of para-hydroxylation sites is 2. The van der Waals surface area contributed by atoms with Crippen LogP contribution in [-0.4, -0.2) is 15.8 Å². The molecule has 0 fully saturated rings. The summed E-state index contributed by atoms with van der Waals surface area (Å²) in [6.45, 7) is 0. The maximum atomic E-state index is 4.52. The number of nitrogens with zero attached hydrogens (tertiary/aromatic N) is 6. The van der Waals surface area contributed by atoms with E-state index in [1.165, 1.54) is 0 Å². The van der Waals surface area contributed by atoms with Crippen LogP contribution in [0.1, 0.15) is 5.82 Å². The van der Waals surface area contributed by atoms with Crippen LogP contribution in [0.4, 0.5) is 0 Å². The summed E-state index contributed by atoms with van der Waals surface area (Å²) < 4.78 is 1.73. The Bertz CT molecular complexity index is 678. The Morgan fingerprint density at radius 1 is 1.12 bits per heavy atom. The van der Waals surface area contributed by atoms with Crippen LogP contribution in [0.2, 0.25) is 0 Å². The Morgan fingerprint density at radius 3 is 3.06 bits per heavy atom. The molecule has 0 saturated carbocycles. The van der Waals surface area contributed by atoms with Crippen molar-refractivity contribution in [3.63, 3.8) is 0 Å². The van der Waals surface area contributed by atoms with E-state index in [-0.39, 0.29) is 6.17 Å². The number of imidazole rings is 1. The van der Waals surface area contributed by atoms with E-state index in [4.69, 9.17) is 0 Å². The second kappa shape index (κ2) is 2.60. The molecule has 3 heterocycles. The van der Waals surface area contributed by atoms with E-state index < -0.39 is 0 Å². The van der Waals surface area contributed by atoms with Gasteiger partial charge in [0.1, 0.15) is 0 Å². The first kappa shape index (κ1) is 7.86. The van der Waals surface area contributed by atoms with Crippen molar-refractivity contribution < 1.29 is 0 Å². The van der Waals surface area contributed by atoms with Gasteiger partial charge in [0.2, 0.25) is 6.17 Å². The van der Waals surface area contributed by atoms with Crippen molar-refractivity contribution in [3.05, 3.63) is 36.3 Å². The first-order valence-corrected chi connectivity index (χ1v) is 4.92. The van der Waals surface area contributed by atoms with E-state index in [0.717, 1.165) is 22.4 Å². The molecule has 0 N–H and O–H groups in total. The Kier molecular flexibility index (Phi) is 1.28. The Labute approximate surface area is 90.0 Å². The second-order valence-corrected chi connectivity index (χ2v) is 3.63. The van der Waals surface area contributed by atoms with Gasteiger partial charge < -0.3 is 0 Å². The minimum absolute atomic E-state index is 0.302. The van der Waals surface area contributed by atoms with E-state index in [9.17, 15) is 0 Å². The third-order valence-corrected chi connectivity index (χ3v) is 2.70. The lowest BCUT2D eigenvalue weighted by atomic mass is 10.2. The van der Waals surface area contributed by atoms with Gasteiger partial charge in [0, 0.05) is 0 Å². The molecule has 16 heavy (non-hydrogen) atoms. The highest BCUT2D eigenvalue weighted by molar-refractivity contribution is 5.81. The van der Waals surface area contributed by atoms with E-state index >= 15 is 0 Å². The van der Waals surface area contributed by atoms with Crippen molar-refractivity contribution in [2.24, 2.45) is 20.6 Å². The molecule has 6 heteroatoms. The fourth-order valence-corrected chi connectivity index (χ4v) is 1.94. The standard InChI is InChI=1S/C10H6N6/c1-2-4-8-7(3-1)12-10-6-5-11-13-9(6)14-15-16(8)10/h1-5,9H. The van der Waals surface area contributed by atoms with Crippen LogP contribution < -0.4 is 0 Å². The van der Waals surface area contributed by atoms with Crippen LogP contribution in [0.3, 0.4) is 0 Å². The second-order valence-electron chi connectivity index (χ2n) is 3.63. The van der Waals surface area contributed by atoms with Gasteiger partial charge in [0.05, 0.1) is 22.8 Å². The third-order valence-electron chi connectivity index (χ3n) is 2.70. The number of aromatic nitrogens is 2. The largest absolute Gasteiger partial charge is 0.226 e. The van der Waals surface area contributed by atoms with Gasteiger partial charge in [-0.15, -0.1) is 5.11 Å². The normalized spacial score (nSPS) is 21.0. The number of rotatable bonds is 0. The van der Waals surface area contributed by atoms with E-state index in [1.807, 2.05) is 24.3 Å². The van der Waals surface area contributed by atoms with Crippen LogP contribution >= 0.6 is 0 Å². The number of hydrogen-bond donors (Lipinski definition) is 0. The Morgan fingerprint density at radius 2 is 2.06 bits per heavy atom. The SMILES string of the molecule is C1=C2c3nc4ccccc4n3N=NC2N=N1. The fourth-order valence-electron chi connectivity index (χ4n) is 1.94. The van der Waals surface area contributed by atoms with E-state index in [1.54, 1.807) is 10.9 Å². The molecule has 4 rings (SSSR count). The van der Waals surface area contributed by atoms with Crippen molar-refractivity contribution >= 4 is 16.6 Å². The quantitative estimate of drug-likeness (QED) is 0.658. The zero-order valence-corrected chi connectivity index (χ0v) is 8.15. The number of hydrogen-bond acceptors (Lipinski definition) is 5. The van der Waals surface area contributed by atoms with Gasteiger partial charge in [-0.05, 0) is 12.1 Å². The average Bonchev–Trinajstić information content (AvgIpc) is 2.92. The zero-order valence-electron chi connectivity index (χ0n) is 8.15. The van der Waals surface area contributed by atoms with Gasteiger partial charge in [-0.25, -0.2) is 4.98 Å². The smallest absolute Gasteiger partial charge is 0.213 e. The summed E-state index contributed by atoms with van der Waals surface area (Å²) in [5.41, 5.74) is 2.77. The molecule has 1 atom stereocenters. The fraction of sp³-hybridized carbons (Fsp3) is 0.100. The molecule has 0 spiro atoms. The van der Waals surface area contributed by atoms with E-state index in [0.29, 0.717) is 0 Å². The van der Waals surface area contributed by atoms with Gasteiger partial charge >= 0.3 is 0 Å². The van der Waals surface area contributed by atoms with Gasteiger partial charge in [-0.2, -0.15) is 14.9 Å². The maximum absolute atomic E-state index is 4.52.